The van der Waals surface area contributed by atoms with Crippen molar-refractivity contribution in [1.29, 1.82) is 0 Å². The van der Waals surface area contributed by atoms with Gasteiger partial charge in [0.25, 0.3) is 0 Å². The van der Waals surface area contributed by atoms with E-state index < -0.39 is 0 Å². The highest BCUT2D eigenvalue weighted by Crippen LogP contribution is 2.19. The Morgan fingerprint density at radius 2 is 2.00 bits per heavy atom. The van der Waals surface area contributed by atoms with Gasteiger partial charge in [0, 0.05) is 18.7 Å². The van der Waals surface area contributed by atoms with Crippen LogP contribution in [0.2, 0.25) is 0 Å². The van der Waals surface area contributed by atoms with Crippen molar-refractivity contribution in [2.45, 2.75) is 58.7 Å². The molecule has 6 nitrogen and oxygen atoms in total. The van der Waals surface area contributed by atoms with E-state index in [0.29, 0.717) is 25.6 Å². The smallest absolute Gasteiger partial charge is 0.222 e. The van der Waals surface area contributed by atoms with Crippen LogP contribution < -0.4 is 5.32 Å². The van der Waals surface area contributed by atoms with E-state index in [1.165, 1.54) is 18.4 Å². The fourth-order valence-electron chi connectivity index (χ4n) is 3.60. The maximum absolute atomic E-state index is 12.3. The third kappa shape index (κ3) is 3.58. The molecule has 0 bridgehead atoms. The number of ether oxygens (including phenoxy) is 1. The lowest BCUT2D eigenvalue weighted by molar-refractivity contribution is -0.122. The summed E-state index contributed by atoms with van der Waals surface area (Å²) in [6.45, 7) is 10.4. The predicted octanol–water partition coefficient (Wildman–Crippen LogP) is 1.18. The third-order valence-corrected chi connectivity index (χ3v) is 5.30. The van der Waals surface area contributed by atoms with Crippen LogP contribution >= 0.6 is 0 Å². The Labute approximate surface area is 138 Å². The number of hydrogen-bond donors (Lipinski definition) is 1. The minimum Gasteiger partial charge on any atom is -0.378 e. The SMILES string of the molecule is Cc1nn(CCC(=O)N[C@@H]2COC[C@H]2N2CCCC2)c(C)c1C. The number of hydrogen-bond acceptors (Lipinski definition) is 4. The zero-order chi connectivity index (χ0) is 16.4. The second kappa shape index (κ2) is 7.01. The van der Waals surface area contributed by atoms with E-state index in [1.807, 2.05) is 11.6 Å². The molecular formula is C17H28N4O2. The van der Waals surface area contributed by atoms with Gasteiger partial charge < -0.3 is 10.1 Å². The highest BCUT2D eigenvalue weighted by molar-refractivity contribution is 5.76. The van der Waals surface area contributed by atoms with E-state index in [0.717, 1.165) is 31.1 Å². The average molecular weight is 320 g/mol. The van der Waals surface area contributed by atoms with E-state index in [1.54, 1.807) is 0 Å². The van der Waals surface area contributed by atoms with Gasteiger partial charge in [-0.2, -0.15) is 5.10 Å². The zero-order valence-electron chi connectivity index (χ0n) is 14.5. The molecule has 3 rings (SSSR count). The maximum atomic E-state index is 12.3. The lowest BCUT2D eigenvalue weighted by atomic mass is 10.1. The van der Waals surface area contributed by atoms with Crippen molar-refractivity contribution in [2.24, 2.45) is 0 Å². The summed E-state index contributed by atoms with van der Waals surface area (Å²) in [6.07, 6.45) is 2.98. The van der Waals surface area contributed by atoms with Gasteiger partial charge in [-0.25, -0.2) is 0 Å². The van der Waals surface area contributed by atoms with Crippen LogP contribution in [0.1, 0.15) is 36.2 Å². The summed E-state index contributed by atoms with van der Waals surface area (Å²) in [4.78, 5) is 14.8. The third-order valence-electron chi connectivity index (χ3n) is 5.30. The molecule has 1 N–H and O–H groups in total. The summed E-state index contributed by atoms with van der Waals surface area (Å²) in [5, 5.41) is 7.67. The number of nitrogens with zero attached hydrogens (tertiary/aromatic N) is 3. The summed E-state index contributed by atoms with van der Waals surface area (Å²) in [7, 11) is 0. The molecule has 3 heterocycles. The minimum atomic E-state index is 0.0925. The normalized spacial score (nSPS) is 25.2. The van der Waals surface area contributed by atoms with E-state index in [9.17, 15) is 4.79 Å². The van der Waals surface area contributed by atoms with Crippen LogP contribution in [0.25, 0.3) is 0 Å². The van der Waals surface area contributed by atoms with Crippen LogP contribution in [-0.4, -0.2) is 59.0 Å². The highest BCUT2D eigenvalue weighted by atomic mass is 16.5. The van der Waals surface area contributed by atoms with E-state index in [-0.39, 0.29) is 11.9 Å². The van der Waals surface area contributed by atoms with E-state index in [4.69, 9.17) is 4.74 Å². The molecule has 2 saturated heterocycles. The van der Waals surface area contributed by atoms with Gasteiger partial charge in [0.2, 0.25) is 5.91 Å². The van der Waals surface area contributed by atoms with Gasteiger partial charge in [0.05, 0.1) is 31.0 Å². The van der Waals surface area contributed by atoms with Crippen molar-refractivity contribution in [1.82, 2.24) is 20.0 Å². The first kappa shape index (κ1) is 16.5. The Hall–Kier alpha value is -1.40. The lowest BCUT2D eigenvalue weighted by Gasteiger charge is -2.27. The van der Waals surface area contributed by atoms with Crippen molar-refractivity contribution < 1.29 is 9.53 Å². The number of carbonyl (C=O) groups is 1. The maximum Gasteiger partial charge on any atom is 0.222 e. The van der Waals surface area contributed by atoms with Crippen LogP contribution in [0.15, 0.2) is 0 Å². The van der Waals surface area contributed by atoms with Crippen molar-refractivity contribution in [3.8, 4) is 0 Å². The molecule has 0 saturated carbocycles. The second-order valence-corrected chi connectivity index (χ2v) is 6.79. The van der Waals surface area contributed by atoms with Crippen LogP contribution in [0.3, 0.4) is 0 Å². The number of rotatable bonds is 5. The van der Waals surface area contributed by atoms with Crippen LogP contribution in [0.4, 0.5) is 0 Å². The van der Waals surface area contributed by atoms with Gasteiger partial charge in [-0.1, -0.05) is 0 Å². The summed E-state index contributed by atoms with van der Waals surface area (Å²) in [5.41, 5.74) is 3.40. The average Bonchev–Trinajstić information content (AvgIpc) is 3.24. The first-order valence-electron chi connectivity index (χ1n) is 8.68. The lowest BCUT2D eigenvalue weighted by Crippen LogP contribution is -2.50. The van der Waals surface area contributed by atoms with Gasteiger partial charge in [-0.05, 0) is 52.3 Å². The van der Waals surface area contributed by atoms with Gasteiger partial charge >= 0.3 is 0 Å². The number of aromatic nitrogens is 2. The first-order valence-corrected chi connectivity index (χ1v) is 8.68. The van der Waals surface area contributed by atoms with Crippen molar-refractivity contribution in [3.63, 3.8) is 0 Å². The molecule has 0 radical (unpaired) electrons. The van der Waals surface area contributed by atoms with E-state index in [2.05, 4.69) is 29.2 Å². The summed E-state index contributed by atoms with van der Waals surface area (Å²) in [5.74, 6) is 0.0925. The Morgan fingerprint density at radius 3 is 2.65 bits per heavy atom. The Kier molecular flexibility index (Phi) is 5.02. The monoisotopic (exact) mass is 320 g/mol. The minimum absolute atomic E-state index is 0.0925. The second-order valence-electron chi connectivity index (χ2n) is 6.79. The molecule has 2 fully saturated rings. The molecule has 1 aromatic heterocycles. The van der Waals surface area contributed by atoms with Gasteiger partial charge in [-0.3, -0.25) is 14.4 Å². The summed E-state index contributed by atoms with van der Waals surface area (Å²) < 4.78 is 7.55. The molecule has 0 aromatic carbocycles. The Balaban J connectivity index is 1.51. The number of amides is 1. The molecule has 2 atom stereocenters. The fraction of sp³-hybridized carbons (Fsp3) is 0.765. The van der Waals surface area contributed by atoms with E-state index >= 15 is 0 Å². The predicted molar refractivity (Wildman–Crippen MR) is 88.4 cm³/mol. The van der Waals surface area contributed by atoms with Crippen molar-refractivity contribution in [2.75, 3.05) is 26.3 Å². The fourth-order valence-corrected chi connectivity index (χ4v) is 3.60. The molecule has 1 aromatic rings. The molecule has 0 aliphatic carbocycles. The number of carbonyl (C=O) groups excluding carboxylic acids is 1. The number of aryl methyl sites for hydroxylation is 2. The molecule has 128 valence electrons. The molecule has 6 heteroatoms. The van der Waals surface area contributed by atoms with Crippen molar-refractivity contribution in [3.05, 3.63) is 17.0 Å². The molecule has 0 unspecified atom stereocenters. The Morgan fingerprint density at radius 1 is 1.26 bits per heavy atom. The van der Waals surface area contributed by atoms with Gasteiger partial charge in [0.15, 0.2) is 0 Å². The molecular weight excluding hydrogens is 292 g/mol. The highest BCUT2D eigenvalue weighted by Gasteiger charge is 2.35. The topological polar surface area (TPSA) is 59.4 Å². The van der Waals surface area contributed by atoms with Crippen molar-refractivity contribution >= 4 is 5.91 Å². The van der Waals surface area contributed by atoms with Gasteiger partial charge in [0.1, 0.15) is 0 Å². The van der Waals surface area contributed by atoms with Gasteiger partial charge in [-0.15, -0.1) is 0 Å². The van der Waals surface area contributed by atoms with Crippen LogP contribution in [-0.2, 0) is 16.1 Å². The molecule has 1 amide bonds. The standard InChI is InChI=1S/C17H28N4O2/c1-12-13(2)19-21(14(12)3)9-6-17(22)18-15-10-23-11-16(15)20-7-4-5-8-20/h15-16H,4-11H2,1-3H3,(H,18,22)/t15-,16-/m1/s1. The zero-order valence-corrected chi connectivity index (χ0v) is 14.5. The van der Waals surface area contributed by atoms with Crippen LogP contribution in [0.5, 0.6) is 0 Å². The van der Waals surface area contributed by atoms with Crippen LogP contribution in [0, 0.1) is 20.8 Å². The molecule has 23 heavy (non-hydrogen) atoms. The Bertz CT molecular complexity index is 563. The molecule has 2 aliphatic rings. The first-order chi connectivity index (χ1) is 11.1. The summed E-state index contributed by atoms with van der Waals surface area (Å²) in [6, 6.07) is 0.472. The summed E-state index contributed by atoms with van der Waals surface area (Å²) >= 11 is 0. The number of nitrogens with one attached hydrogen (secondary N) is 1. The largest absolute Gasteiger partial charge is 0.378 e. The molecule has 2 aliphatic heterocycles. The molecule has 0 spiro atoms. The quantitative estimate of drug-likeness (QED) is 0.885. The number of likely N-dealkylation sites (tertiary alicyclic amines) is 1.